The summed E-state index contributed by atoms with van der Waals surface area (Å²) in [7, 11) is 0.639. The third kappa shape index (κ3) is 656. The predicted molar refractivity (Wildman–Crippen MR) is 35.2 cm³/mol. The maximum Gasteiger partial charge on any atom is 0.0969 e. The molecule has 7 heavy (non-hydrogen) atoms. The predicted octanol–water partition coefficient (Wildman–Crippen LogP) is 1.36. The summed E-state index contributed by atoms with van der Waals surface area (Å²) in [6, 6.07) is 0. The molecule has 0 saturated carbocycles. The minimum absolute atomic E-state index is 0.639. The molecule has 0 fully saturated rings. The quantitative estimate of drug-likeness (QED) is 0.200. The Bertz CT molecular complexity index is 52.4. The van der Waals surface area contributed by atoms with Crippen molar-refractivity contribution < 1.29 is 0 Å². The molecule has 0 aliphatic heterocycles. The van der Waals surface area contributed by atoms with E-state index >= 15 is 0 Å². The fraction of sp³-hybridized carbons (Fsp3) is 1.00. The molecule has 42 valence electrons. The molecule has 0 aromatic rings. The number of rotatable bonds is 0. The normalized spacial score (nSPS) is 6.29. The molecule has 0 amide bonds. The smallest absolute Gasteiger partial charge is 0.0969 e. The Balaban J connectivity index is 0. The van der Waals surface area contributed by atoms with Crippen molar-refractivity contribution in [1.82, 2.24) is 0 Å². The summed E-state index contributed by atoms with van der Waals surface area (Å²) in [6.45, 7) is 0. The lowest BCUT2D eigenvalue weighted by molar-refractivity contribution is 2.18. The Morgan fingerprint density at radius 1 is 1.14 bits per heavy atom. The average molecular weight is 119 g/mol. The van der Waals surface area contributed by atoms with Gasteiger partial charge in [0.1, 0.15) is 0 Å². The molecule has 0 atom stereocenters. The van der Waals surface area contributed by atoms with Crippen LogP contribution in [-0.2, 0) is 10.9 Å². The van der Waals surface area contributed by atoms with Gasteiger partial charge in [-0.25, -0.2) is 0 Å². The second-order valence-corrected chi connectivity index (χ2v) is 3.76. The Labute approximate surface area is 46.5 Å². The van der Waals surface area contributed by atoms with Crippen molar-refractivity contribution in [3.8, 4) is 0 Å². The van der Waals surface area contributed by atoms with Crippen LogP contribution in [0.25, 0.3) is 16.0 Å². The van der Waals surface area contributed by atoms with Crippen LogP contribution >= 0.6 is 0 Å². The fourth-order valence-corrected chi connectivity index (χ4v) is 0. The van der Waals surface area contributed by atoms with E-state index in [0.717, 1.165) is 0 Å². The zero-order chi connectivity index (χ0) is 6.28. The van der Waals surface area contributed by atoms with E-state index in [9.17, 15) is 0 Å². The van der Waals surface area contributed by atoms with Gasteiger partial charge in [-0.15, -0.1) is 0 Å². The van der Waals surface area contributed by atoms with E-state index in [4.69, 9.17) is 11.1 Å². The average Bonchev–Trinajstić information content (AvgIpc) is 1.33. The first-order valence-corrected chi connectivity index (χ1v) is 4.07. The SMILES string of the molecule is C[S+](C)C.[N-]=[N+]=[N-]. The van der Waals surface area contributed by atoms with Gasteiger partial charge in [-0.1, -0.05) is 0 Å². The van der Waals surface area contributed by atoms with Crippen molar-refractivity contribution in [3.63, 3.8) is 0 Å². The second kappa shape index (κ2) is 9.18. The van der Waals surface area contributed by atoms with Crippen LogP contribution in [0.2, 0.25) is 0 Å². The highest BCUT2D eigenvalue weighted by atomic mass is 32.2. The Kier molecular flexibility index (Phi) is 12.9. The van der Waals surface area contributed by atoms with Gasteiger partial charge in [0.25, 0.3) is 0 Å². The Morgan fingerprint density at radius 3 is 1.14 bits per heavy atom. The first kappa shape index (κ1) is 9.83. The third-order valence-electron chi connectivity index (χ3n) is 0. The monoisotopic (exact) mass is 119 g/mol. The molecular formula is C3H9N3S. The van der Waals surface area contributed by atoms with Gasteiger partial charge in [-0.2, -0.15) is 0 Å². The van der Waals surface area contributed by atoms with E-state index in [-0.39, 0.29) is 0 Å². The Hall–Kier alpha value is -0.340. The zero-order valence-electron chi connectivity index (χ0n) is 4.75. The van der Waals surface area contributed by atoms with Crippen LogP contribution in [0.4, 0.5) is 0 Å². The highest BCUT2D eigenvalue weighted by Crippen LogP contribution is 1.63. The summed E-state index contributed by atoms with van der Waals surface area (Å²) < 4.78 is 0. The van der Waals surface area contributed by atoms with Gasteiger partial charge in [0.05, 0.1) is 18.8 Å². The number of hydrogen-bond donors (Lipinski definition) is 0. The molecule has 0 aromatic heterocycles. The molecule has 3 nitrogen and oxygen atoms in total. The molecule has 0 spiro atoms. The largest absolute Gasteiger partial charge is 0.373 e. The first-order chi connectivity index (χ1) is 3.15. The number of nitrogens with zero attached hydrogens (tertiary/aromatic N) is 3. The first-order valence-electron chi connectivity index (χ1n) is 1.62. The van der Waals surface area contributed by atoms with Gasteiger partial charge in [-0.05, 0) is 10.9 Å². The van der Waals surface area contributed by atoms with Crippen molar-refractivity contribution in [2.75, 3.05) is 18.8 Å². The van der Waals surface area contributed by atoms with Crippen LogP contribution in [0.3, 0.4) is 0 Å². The van der Waals surface area contributed by atoms with Gasteiger partial charge in [0.15, 0.2) is 0 Å². The minimum atomic E-state index is 0.639. The topological polar surface area (TPSA) is 58.7 Å². The van der Waals surface area contributed by atoms with E-state index in [2.05, 4.69) is 18.8 Å². The maximum atomic E-state index is 6.75. The van der Waals surface area contributed by atoms with E-state index < -0.39 is 0 Å². The van der Waals surface area contributed by atoms with Crippen LogP contribution in [0.5, 0.6) is 0 Å². The molecule has 0 aliphatic carbocycles. The van der Waals surface area contributed by atoms with Crippen LogP contribution in [-0.4, -0.2) is 18.8 Å². The van der Waals surface area contributed by atoms with Gasteiger partial charge < -0.3 is 11.1 Å². The maximum absolute atomic E-state index is 6.75. The molecule has 0 bridgehead atoms. The zero-order valence-corrected chi connectivity index (χ0v) is 5.57. The van der Waals surface area contributed by atoms with E-state index in [0.29, 0.717) is 10.9 Å². The lowest BCUT2D eigenvalue weighted by Gasteiger charge is -1.69. The highest BCUT2D eigenvalue weighted by Gasteiger charge is 1.77. The van der Waals surface area contributed by atoms with Gasteiger partial charge in [0.2, 0.25) is 0 Å². The lowest BCUT2D eigenvalue weighted by atomic mass is 11.9. The summed E-state index contributed by atoms with van der Waals surface area (Å²) in [6.07, 6.45) is 6.58. The molecular weight excluding hydrogens is 110 g/mol. The molecule has 0 radical (unpaired) electrons. The highest BCUT2D eigenvalue weighted by molar-refractivity contribution is 7.94. The van der Waals surface area contributed by atoms with Crippen molar-refractivity contribution in [2.24, 2.45) is 0 Å². The van der Waals surface area contributed by atoms with Crippen molar-refractivity contribution in [1.29, 1.82) is 0 Å². The molecule has 0 saturated heterocycles. The molecule has 0 aromatic carbocycles. The summed E-state index contributed by atoms with van der Waals surface area (Å²) in [5.74, 6) is 0. The van der Waals surface area contributed by atoms with E-state index in [1.807, 2.05) is 0 Å². The Morgan fingerprint density at radius 2 is 1.14 bits per heavy atom. The van der Waals surface area contributed by atoms with Crippen molar-refractivity contribution >= 4 is 10.9 Å². The second-order valence-electron chi connectivity index (χ2n) is 1.31. The lowest BCUT2D eigenvalue weighted by Crippen LogP contribution is -1.84. The summed E-state index contributed by atoms with van der Waals surface area (Å²) in [4.78, 5) is 1.50. The number of hydrogen-bond acceptors (Lipinski definition) is 0. The standard InChI is InChI=1S/C3H9S.N3/c1-4(2)3;1-3-2/h1-3H3;/q+1;-1. The molecule has 0 heterocycles. The summed E-state index contributed by atoms with van der Waals surface area (Å²) >= 11 is 0. The van der Waals surface area contributed by atoms with Crippen molar-refractivity contribution in [2.45, 2.75) is 0 Å². The van der Waals surface area contributed by atoms with Crippen LogP contribution in [0.15, 0.2) is 0 Å². The van der Waals surface area contributed by atoms with Crippen molar-refractivity contribution in [3.05, 3.63) is 16.0 Å². The summed E-state index contributed by atoms with van der Waals surface area (Å²) in [5, 5.41) is 0. The van der Waals surface area contributed by atoms with Crippen LogP contribution in [0, 0.1) is 0 Å². The fourth-order valence-electron chi connectivity index (χ4n) is 0. The minimum Gasteiger partial charge on any atom is -0.373 e. The van der Waals surface area contributed by atoms with Gasteiger partial charge in [-0.3, -0.25) is 4.91 Å². The van der Waals surface area contributed by atoms with Crippen LogP contribution < -0.4 is 0 Å². The summed E-state index contributed by atoms with van der Waals surface area (Å²) in [5.41, 5.74) is 13.5. The molecule has 0 unspecified atom stereocenters. The van der Waals surface area contributed by atoms with E-state index in [1.165, 1.54) is 4.91 Å². The third-order valence-corrected chi connectivity index (χ3v) is 0. The van der Waals surface area contributed by atoms with Gasteiger partial charge in [0, 0.05) is 0 Å². The molecule has 0 N–H and O–H groups in total. The molecule has 0 aliphatic rings. The van der Waals surface area contributed by atoms with Crippen LogP contribution in [0.1, 0.15) is 0 Å². The van der Waals surface area contributed by atoms with E-state index in [1.54, 1.807) is 0 Å². The van der Waals surface area contributed by atoms with Gasteiger partial charge >= 0.3 is 0 Å². The molecule has 0 rings (SSSR count). The molecule has 4 heteroatoms.